The van der Waals surface area contributed by atoms with Gasteiger partial charge in [0, 0.05) is 22.1 Å². The van der Waals surface area contributed by atoms with Gasteiger partial charge in [-0.2, -0.15) is 0 Å². The highest BCUT2D eigenvalue weighted by Crippen LogP contribution is 2.24. The average molecular weight is 512 g/mol. The van der Waals surface area contributed by atoms with Crippen molar-refractivity contribution in [2.45, 2.75) is 20.5 Å². The molecule has 0 N–H and O–H groups in total. The fourth-order valence-electron chi connectivity index (χ4n) is 4.52. The summed E-state index contributed by atoms with van der Waals surface area (Å²) in [5.41, 5.74) is 6.93. The average Bonchev–Trinajstić information content (AvgIpc) is 3.49. The molecule has 0 spiro atoms. The van der Waals surface area contributed by atoms with E-state index in [4.69, 9.17) is 16.3 Å². The van der Waals surface area contributed by atoms with Crippen LogP contribution in [0.25, 0.3) is 27.8 Å². The van der Waals surface area contributed by atoms with Gasteiger partial charge in [0.05, 0.1) is 15.6 Å². The molecule has 0 fully saturated rings. The van der Waals surface area contributed by atoms with Crippen molar-refractivity contribution in [2.75, 3.05) is 0 Å². The highest BCUT2D eigenvalue weighted by molar-refractivity contribution is 7.15. The minimum absolute atomic E-state index is 0.0318. The number of ether oxygens (including phenoxy) is 1. The Morgan fingerprint density at radius 1 is 1.00 bits per heavy atom. The molecule has 0 saturated heterocycles. The van der Waals surface area contributed by atoms with E-state index in [-0.39, 0.29) is 5.56 Å². The molecule has 6 rings (SSSR count). The first-order chi connectivity index (χ1) is 17.5. The van der Waals surface area contributed by atoms with Crippen LogP contribution in [0, 0.1) is 13.8 Å². The van der Waals surface area contributed by atoms with Crippen LogP contribution in [0.15, 0.2) is 83.7 Å². The normalized spacial score (nSPS) is 12.1. The predicted molar refractivity (Wildman–Crippen MR) is 147 cm³/mol. The largest absolute Gasteiger partial charge is 0.489 e. The summed E-state index contributed by atoms with van der Waals surface area (Å²) in [5.74, 6) is 0.799. The highest BCUT2D eigenvalue weighted by Gasteiger charge is 2.13. The summed E-state index contributed by atoms with van der Waals surface area (Å²) >= 11 is 7.38. The van der Waals surface area contributed by atoms with Crippen molar-refractivity contribution < 1.29 is 4.74 Å². The van der Waals surface area contributed by atoms with Gasteiger partial charge < -0.3 is 9.30 Å². The molecule has 0 radical (unpaired) electrons. The Labute approximate surface area is 216 Å². The highest BCUT2D eigenvalue weighted by atomic mass is 35.5. The van der Waals surface area contributed by atoms with Crippen molar-refractivity contribution in [3.8, 4) is 11.4 Å². The van der Waals surface area contributed by atoms with E-state index >= 15 is 0 Å². The van der Waals surface area contributed by atoms with Gasteiger partial charge in [-0.05, 0) is 85.6 Å². The number of imidazole rings is 1. The molecule has 7 heteroatoms. The molecule has 6 aromatic rings. The number of halogens is 1. The molecule has 3 aromatic heterocycles. The maximum Gasteiger partial charge on any atom is 0.274 e. The third-order valence-electron chi connectivity index (χ3n) is 6.32. The molecule has 3 heterocycles. The van der Waals surface area contributed by atoms with Crippen LogP contribution in [0.1, 0.15) is 22.5 Å². The number of para-hydroxylation sites is 2. The summed E-state index contributed by atoms with van der Waals surface area (Å²) in [7, 11) is 0. The number of hydrogen-bond donors (Lipinski definition) is 0. The van der Waals surface area contributed by atoms with E-state index in [9.17, 15) is 4.79 Å². The van der Waals surface area contributed by atoms with Crippen LogP contribution in [0.4, 0.5) is 0 Å². The van der Waals surface area contributed by atoms with Crippen molar-refractivity contribution in [2.24, 2.45) is 0 Å². The Hall–Kier alpha value is -3.87. The molecular weight excluding hydrogens is 490 g/mol. The molecule has 0 saturated carbocycles. The fourth-order valence-corrected chi connectivity index (χ4v) is 5.63. The summed E-state index contributed by atoms with van der Waals surface area (Å²) in [4.78, 5) is 18.5. The number of fused-ring (bicyclic) bond motifs is 3. The van der Waals surface area contributed by atoms with Crippen molar-refractivity contribution in [1.29, 1.82) is 0 Å². The summed E-state index contributed by atoms with van der Waals surface area (Å²) in [6.07, 6.45) is 1.97. The SMILES string of the molecule is Cc1cc(/C=c2\sc3nc4ccccc4n3c2=O)c(C)n1-c1ccc(OCc2ccc(Cl)cc2)cc1. The Balaban J connectivity index is 1.29. The quantitative estimate of drug-likeness (QED) is 0.281. The molecule has 0 aliphatic rings. The third-order valence-corrected chi connectivity index (χ3v) is 7.54. The summed E-state index contributed by atoms with van der Waals surface area (Å²) < 4.78 is 10.5. The minimum Gasteiger partial charge on any atom is -0.489 e. The molecule has 178 valence electrons. The van der Waals surface area contributed by atoms with Crippen molar-refractivity contribution in [1.82, 2.24) is 14.0 Å². The molecule has 5 nitrogen and oxygen atoms in total. The Bertz CT molecular complexity index is 1830. The summed E-state index contributed by atoms with van der Waals surface area (Å²) in [6, 6.07) is 25.5. The van der Waals surface area contributed by atoms with Crippen LogP contribution in [0.2, 0.25) is 5.02 Å². The van der Waals surface area contributed by atoms with Gasteiger partial charge in [0.1, 0.15) is 12.4 Å². The molecule has 0 aliphatic carbocycles. The fraction of sp³-hybridized carbons (Fsp3) is 0.103. The third kappa shape index (κ3) is 3.98. The maximum atomic E-state index is 13.2. The molecular formula is C29H22ClN3O2S. The first-order valence-corrected chi connectivity index (χ1v) is 12.8. The zero-order valence-electron chi connectivity index (χ0n) is 19.7. The number of thiazole rings is 1. The monoisotopic (exact) mass is 511 g/mol. The lowest BCUT2D eigenvalue weighted by Crippen LogP contribution is -2.22. The van der Waals surface area contributed by atoms with E-state index in [0.717, 1.165) is 49.9 Å². The molecule has 3 aromatic carbocycles. The number of aromatic nitrogens is 3. The van der Waals surface area contributed by atoms with Crippen LogP contribution >= 0.6 is 22.9 Å². The van der Waals surface area contributed by atoms with Crippen molar-refractivity contribution in [3.63, 3.8) is 0 Å². The Kier molecular flexibility index (Phi) is 5.63. The van der Waals surface area contributed by atoms with E-state index < -0.39 is 0 Å². The van der Waals surface area contributed by atoms with Crippen molar-refractivity contribution in [3.05, 3.63) is 121 Å². The topological polar surface area (TPSA) is 48.5 Å². The second-order valence-corrected chi connectivity index (χ2v) is 10.2. The van der Waals surface area contributed by atoms with Gasteiger partial charge in [-0.3, -0.25) is 4.79 Å². The second kappa shape index (κ2) is 8.97. The van der Waals surface area contributed by atoms with E-state index in [1.54, 1.807) is 4.40 Å². The molecule has 36 heavy (non-hydrogen) atoms. The standard InChI is InChI=1S/C29H22ClN3O2S/c1-18-15-21(16-27-28(34)33-26-6-4-3-5-25(26)31-29(33)36-27)19(2)32(18)23-11-13-24(14-12-23)35-17-20-7-9-22(30)10-8-20/h3-16H,17H2,1-2H3/b27-16-. The number of nitrogens with zero attached hydrogens (tertiary/aromatic N) is 3. The number of hydrogen-bond acceptors (Lipinski definition) is 4. The predicted octanol–water partition coefficient (Wildman–Crippen LogP) is 6.10. The van der Waals surface area contributed by atoms with Gasteiger partial charge in [0.25, 0.3) is 5.56 Å². The molecule has 0 bridgehead atoms. The Morgan fingerprint density at radius 2 is 1.75 bits per heavy atom. The molecule has 0 amide bonds. The van der Waals surface area contributed by atoms with Crippen LogP contribution in [0.5, 0.6) is 5.75 Å². The molecule has 0 atom stereocenters. The van der Waals surface area contributed by atoms with E-state index in [1.165, 1.54) is 11.3 Å². The summed E-state index contributed by atoms with van der Waals surface area (Å²) in [5, 5.41) is 0.714. The first-order valence-electron chi connectivity index (χ1n) is 11.6. The Morgan fingerprint density at radius 3 is 2.53 bits per heavy atom. The van der Waals surface area contributed by atoms with E-state index in [1.807, 2.05) is 78.9 Å². The minimum atomic E-state index is -0.0318. The van der Waals surface area contributed by atoms with Gasteiger partial charge in [-0.15, -0.1) is 0 Å². The number of aryl methyl sites for hydroxylation is 1. The van der Waals surface area contributed by atoms with Crippen molar-refractivity contribution >= 4 is 45.0 Å². The molecule has 0 unspecified atom stereocenters. The zero-order valence-corrected chi connectivity index (χ0v) is 21.3. The smallest absolute Gasteiger partial charge is 0.274 e. The molecule has 0 aliphatic heterocycles. The first kappa shape index (κ1) is 22.6. The van der Waals surface area contributed by atoms with Gasteiger partial charge in [-0.1, -0.05) is 47.2 Å². The van der Waals surface area contributed by atoms with Crippen LogP contribution in [-0.2, 0) is 6.61 Å². The van der Waals surface area contributed by atoms with Crippen LogP contribution in [-0.4, -0.2) is 14.0 Å². The van der Waals surface area contributed by atoms with Crippen LogP contribution in [0.3, 0.4) is 0 Å². The lowest BCUT2D eigenvalue weighted by molar-refractivity contribution is 0.306. The van der Waals surface area contributed by atoms with Crippen LogP contribution < -0.4 is 14.8 Å². The number of benzene rings is 3. The maximum absolute atomic E-state index is 13.2. The van der Waals surface area contributed by atoms with E-state index in [2.05, 4.69) is 29.5 Å². The van der Waals surface area contributed by atoms with Gasteiger partial charge in [0.2, 0.25) is 0 Å². The van der Waals surface area contributed by atoms with E-state index in [0.29, 0.717) is 16.2 Å². The van der Waals surface area contributed by atoms with Gasteiger partial charge in [-0.25, -0.2) is 9.38 Å². The number of rotatable bonds is 5. The lowest BCUT2D eigenvalue weighted by Gasteiger charge is -2.11. The zero-order chi connectivity index (χ0) is 24.8. The lowest BCUT2D eigenvalue weighted by atomic mass is 10.2. The van der Waals surface area contributed by atoms with Gasteiger partial charge in [0.15, 0.2) is 4.96 Å². The summed E-state index contributed by atoms with van der Waals surface area (Å²) in [6.45, 7) is 4.62. The van der Waals surface area contributed by atoms with Gasteiger partial charge >= 0.3 is 0 Å². The second-order valence-electron chi connectivity index (χ2n) is 8.71.